The highest BCUT2D eigenvalue weighted by atomic mass is 16.2. The van der Waals surface area contributed by atoms with Gasteiger partial charge in [0, 0.05) is 17.6 Å². The monoisotopic (exact) mass is 200 g/mol. The summed E-state index contributed by atoms with van der Waals surface area (Å²) in [5.74, 6) is 0.139. The Labute approximate surface area is 87.7 Å². The summed E-state index contributed by atoms with van der Waals surface area (Å²) in [4.78, 5) is 11.8. The van der Waals surface area contributed by atoms with Crippen LogP contribution in [-0.4, -0.2) is 17.0 Å². The van der Waals surface area contributed by atoms with Gasteiger partial charge in [-0.3, -0.25) is 9.36 Å². The molecule has 0 atom stereocenters. The summed E-state index contributed by atoms with van der Waals surface area (Å²) in [5.41, 5.74) is 3.29. The molecule has 1 aliphatic rings. The summed E-state index contributed by atoms with van der Waals surface area (Å²) in [5, 5.41) is 4.26. The fourth-order valence-electron chi connectivity index (χ4n) is 2.28. The number of para-hydroxylation sites is 1. The predicted octanol–water partition coefficient (Wildman–Crippen LogP) is 1.69. The lowest BCUT2D eigenvalue weighted by atomic mass is 10.2. The molecule has 1 aromatic carbocycles. The highest BCUT2D eigenvalue weighted by molar-refractivity contribution is 5.96. The number of hydrogen-bond donors (Lipinski definition) is 1. The summed E-state index contributed by atoms with van der Waals surface area (Å²) in [6.07, 6.45) is 0. The van der Waals surface area contributed by atoms with E-state index < -0.39 is 0 Å². The molecule has 0 aliphatic carbocycles. The third kappa shape index (κ3) is 1.13. The molecule has 76 valence electrons. The smallest absolute Gasteiger partial charge is 0.245 e. The van der Waals surface area contributed by atoms with E-state index in [0.717, 1.165) is 28.7 Å². The normalized spacial score (nSPS) is 15.7. The molecular weight excluding hydrogens is 188 g/mol. The van der Waals surface area contributed by atoms with Gasteiger partial charge in [-0.15, -0.1) is 0 Å². The topological polar surface area (TPSA) is 34.0 Å². The van der Waals surface area contributed by atoms with Crippen LogP contribution in [0.5, 0.6) is 0 Å². The van der Waals surface area contributed by atoms with Gasteiger partial charge < -0.3 is 5.32 Å². The zero-order valence-corrected chi connectivity index (χ0v) is 8.58. The molecule has 0 saturated heterocycles. The van der Waals surface area contributed by atoms with Crippen molar-refractivity contribution in [1.29, 1.82) is 0 Å². The molecule has 0 unspecified atom stereocenters. The van der Waals surface area contributed by atoms with E-state index in [4.69, 9.17) is 0 Å². The first-order chi connectivity index (χ1) is 7.27. The van der Waals surface area contributed by atoms with Crippen LogP contribution >= 0.6 is 0 Å². The lowest BCUT2D eigenvalue weighted by molar-refractivity contribution is 0.0899. The molecule has 0 fully saturated rings. The van der Waals surface area contributed by atoms with Gasteiger partial charge >= 0.3 is 0 Å². The van der Waals surface area contributed by atoms with Crippen LogP contribution in [0, 0.1) is 6.92 Å². The van der Waals surface area contributed by atoms with E-state index in [2.05, 4.69) is 17.4 Å². The van der Waals surface area contributed by atoms with Gasteiger partial charge in [-0.2, -0.15) is 0 Å². The summed E-state index contributed by atoms with van der Waals surface area (Å²) >= 11 is 0. The van der Waals surface area contributed by atoms with Crippen molar-refractivity contribution in [2.45, 2.75) is 13.5 Å². The molecule has 15 heavy (non-hydrogen) atoms. The average molecular weight is 200 g/mol. The van der Waals surface area contributed by atoms with Gasteiger partial charge in [-0.25, -0.2) is 0 Å². The molecule has 3 heteroatoms. The molecule has 1 N–H and O–H groups in total. The predicted molar refractivity (Wildman–Crippen MR) is 59.0 cm³/mol. The molecule has 3 rings (SSSR count). The number of nitrogens with one attached hydrogen (secondary N) is 1. The maximum absolute atomic E-state index is 11.8. The standard InChI is InChI=1S/C12H12N2O/c1-8-3-2-4-9-5-10-6-13-7-11(15)14(10)12(8)9/h2-5,13H,6-7H2,1H3. The van der Waals surface area contributed by atoms with E-state index in [1.54, 1.807) is 0 Å². The minimum Gasteiger partial charge on any atom is -0.303 e. The van der Waals surface area contributed by atoms with Gasteiger partial charge in [0.1, 0.15) is 0 Å². The molecule has 0 spiro atoms. The largest absolute Gasteiger partial charge is 0.303 e. The van der Waals surface area contributed by atoms with Crippen molar-refractivity contribution < 1.29 is 4.79 Å². The molecule has 0 radical (unpaired) electrons. The van der Waals surface area contributed by atoms with Crippen molar-refractivity contribution in [2.24, 2.45) is 0 Å². The fourth-order valence-corrected chi connectivity index (χ4v) is 2.28. The number of fused-ring (bicyclic) bond motifs is 3. The number of aromatic nitrogens is 1. The Morgan fingerprint density at radius 3 is 3.07 bits per heavy atom. The Morgan fingerprint density at radius 1 is 1.33 bits per heavy atom. The number of carbonyl (C=O) groups is 1. The molecule has 0 amide bonds. The van der Waals surface area contributed by atoms with E-state index in [-0.39, 0.29) is 5.91 Å². The number of benzene rings is 1. The van der Waals surface area contributed by atoms with Gasteiger partial charge in [0.15, 0.2) is 0 Å². The summed E-state index contributed by atoms with van der Waals surface area (Å²) in [6, 6.07) is 8.22. The van der Waals surface area contributed by atoms with Gasteiger partial charge in [-0.1, -0.05) is 18.2 Å². The van der Waals surface area contributed by atoms with Crippen LogP contribution in [0.15, 0.2) is 24.3 Å². The van der Waals surface area contributed by atoms with Crippen molar-refractivity contribution in [3.8, 4) is 0 Å². The summed E-state index contributed by atoms with van der Waals surface area (Å²) < 4.78 is 1.85. The third-order valence-electron chi connectivity index (χ3n) is 2.93. The van der Waals surface area contributed by atoms with Gasteiger partial charge in [0.25, 0.3) is 0 Å². The molecule has 1 aliphatic heterocycles. The Hall–Kier alpha value is -1.61. The Kier molecular flexibility index (Phi) is 1.70. The lowest BCUT2D eigenvalue weighted by Gasteiger charge is -2.16. The number of aryl methyl sites for hydroxylation is 1. The molecule has 2 heterocycles. The molecule has 2 aromatic rings. The molecule has 0 bridgehead atoms. The van der Waals surface area contributed by atoms with E-state index in [1.807, 2.05) is 23.6 Å². The number of rotatable bonds is 0. The Balaban J connectivity index is 2.44. The molecule has 0 saturated carbocycles. The zero-order valence-electron chi connectivity index (χ0n) is 8.58. The number of carbonyl (C=O) groups excluding carboxylic acids is 1. The maximum atomic E-state index is 11.8. The van der Waals surface area contributed by atoms with E-state index in [9.17, 15) is 4.79 Å². The van der Waals surface area contributed by atoms with Crippen LogP contribution in [0.4, 0.5) is 0 Å². The van der Waals surface area contributed by atoms with Gasteiger partial charge in [-0.05, 0) is 18.6 Å². The van der Waals surface area contributed by atoms with E-state index in [1.165, 1.54) is 0 Å². The molecule has 1 aromatic heterocycles. The Bertz CT molecular complexity index is 554. The average Bonchev–Trinajstić information content (AvgIpc) is 2.58. The van der Waals surface area contributed by atoms with Crippen molar-refractivity contribution in [2.75, 3.05) is 6.54 Å². The fraction of sp³-hybridized carbons (Fsp3) is 0.250. The maximum Gasteiger partial charge on any atom is 0.245 e. The van der Waals surface area contributed by atoms with Crippen LogP contribution in [0.25, 0.3) is 10.9 Å². The minimum absolute atomic E-state index is 0.139. The second-order valence-electron chi connectivity index (χ2n) is 3.98. The third-order valence-corrected chi connectivity index (χ3v) is 2.93. The lowest BCUT2D eigenvalue weighted by Crippen LogP contribution is -2.34. The van der Waals surface area contributed by atoms with Crippen LogP contribution in [0.3, 0.4) is 0 Å². The van der Waals surface area contributed by atoms with Crippen molar-refractivity contribution in [1.82, 2.24) is 9.88 Å². The number of nitrogens with zero attached hydrogens (tertiary/aromatic N) is 1. The first-order valence-electron chi connectivity index (χ1n) is 5.11. The zero-order chi connectivity index (χ0) is 10.4. The van der Waals surface area contributed by atoms with E-state index >= 15 is 0 Å². The van der Waals surface area contributed by atoms with Gasteiger partial charge in [0.05, 0.1) is 12.1 Å². The molecular formula is C12H12N2O. The SMILES string of the molecule is Cc1cccc2cc3n(c12)C(=O)CNC3. The summed E-state index contributed by atoms with van der Waals surface area (Å²) in [7, 11) is 0. The van der Waals surface area contributed by atoms with E-state index in [0.29, 0.717) is 6.54 Å². The van der Waals surface area contributed by atoms with Crippen molar-refractivity contribution in [3.63, 3.8) is 0 Å². The Morgan fingerprint density at radius 2 is 2.20 bits per heavy atom. The van der Waals surface area contributed by atoms with Crippen LogP contribution in [0.1, 0.15) is 16.1 Å². The van der Waals surface area contributed by atoms with Crippen LogP contribution < -0.4 is 5.32 Å². The number of hydrogen-bond acceptors (Lipinski definition) is 2. The molecule has 3 nitrogen and oxygen atoms in total. The van der Waals surface area contributed by atoms with Gasteiger partial charge in [0.2, 0.25) is 5.91 Å². The first-order valence-corrected chi connectivity index (χ1v) is 5.11. The highest BCUT2D eigenvalue weighted by Crippen LogP contribution is 2.24. The second-order valence-corrected chi connectivity index (χ2v) is 3.98. The first kappa shape index (κ1) is 8.68. The van der Waals surface area contributed by atoms with Crippen LogP contribution in [-0.2, 0) is 6.54 Å². The highest BCUT2D eigenvalue weighted by Gasteiger charge is 2.19. The second kappa shape index (κ2) is 2.94. The quantitative estimate of drug-likeness (QED) is 0.702. The minimum atomic E-state index is 0.139. The summed E-state index contributed by atoms with van der Waals surface area (Å²) in [6.45, 7) is 3.26. The van der Waals surface area contributed by atoms with Crippen LogP contribution in [0.2, 0.25) is 0 Å². The van der Waals surface area contributed by atoms with Crippen molar-refractivity contribution >= 4 is 16.8 Å². The van der Waals surface area contributed by atoms with Crippen molar-refractivity contribution in [3.05, 3.63) is 35.5 Å².